The van der Waals surface area contributed by atoms with Gasteiger partial charge in [0.25, 0.3) is 10.1 Å². The number of fused-ring (bicyclic) bond motifs is 2. The summed E-state index contributed by atoms with van der Waals surface area (Å²) in [6.45, 7) is 3.66. The SMILES string of the molecule is CCC(C)C(=O)Cc1ccc(C(=O)O)c(C2c3ccc(N)c(S(=O)(=O)O)c3CC3=C(S(=O)(=O)O)C(=[NH2+])C=CC32)c1. The average Bonchev–Trinajstić information content (AvgIpc) is 2.84. The van der Waals surface area contributed by atoms with Crippen LogP contribution in [0, 0.1) is 11.8 Å². The van der Waals surface area contributed by atoms with Crippen LogP contribution in [0.1, 0.15) is 58.8 Å². The maximum atomic E-state index is 12.7. The summed E-state index contributed by atoms with van der Waals surface area (Å²) in [5.74, 6) is -3.49. The minimum absolute atomic E-state index is 0.00734. The van der Waals surface area contributed by atoms with Gasteiger partial charge in [-0.2, -0.15) is 16.8 Å². The number of allylic oxidation sites excluding steroid dienone is 4. The molecule has 0 amide bonds. The summed E-state index contributed by atoms with van der Waals surface area (Å²) in [4.78, 5) is 23.8. The van der Waals surface area contributed by atoms with Crippen molar-refractivity contribution < 1.29 is 46.0 Å². The molecule has 2 aromatic rings. The van der Waals surface area contributed by atoms with Crippen molar-refractivity contribution >= 4 is 43.4 Å². The van der Waals surface area contributed by atoms with Gasteiger partial charge in [0.1, 0.15) is 10.7 Å². The van der Waals surface area contributed by atoms with Crippen LogP contribution in [0.2, 0.25) is 0 Å². The summed E-state index contributed by atoms with van der Waals surface area (Å²) >= 11 is 0. The van der Waals surface area contributed by atoms with Crippen LogP contribution >= 0.6 is 0 Å². The highest BCUT2D eigenvalue weighted by Crippen LogP contribution is 2.50. The summed E-state index contributed by atoms with van der Waals surface area (Å²) in [7, 11) is -9.84. The van der Waals surface area contributed by atoms with Crippen LogP contribution in [0.4, 0.5) is 5.69 Å². The first kappa shape index (κ1) is 29.3. The van der Waals surface area contributed by atoms with Gasteiger partial charge in [-0.3, -0.25) is 19.3 Å². The van der Waals surface area contributed by atoms with E-state index in [1.165, 1.54) is 36.4 Å². The molecule has 0 fully saturated rings. The lowest BCUT2D eigenvalue weighted by atomic mass is 9.66. The van der Waals surface area contributed by atoms with Crippen molar-refractivity contribution in [1.29, 1.82) is 0 Å². The second-order valence-corrected chi connectivity index (χ2v) is 12.7. The monoisotopic (exact) mass is 589 g/mol. The molecule has 0 radical (unpaired) electrons. The first-order chi connectivity index (χ1) is 18.6. The van der Waals surface area contributed by atoms with Gasteiger partial charge < -0.3 is 10.8 Å². The van der Waals surface area contributed by atoms with E-state index in [0.29, 0.717) is 12.0 Å². The number of nitrogens with two attached hydrogens (primary N) is 2. The van der Waals surface area contributed by atoms with Crippen LogP contribution in [0.3, 0.4) is 0 Å². The molecular formula is C27H29N2O9S2+. The Balaban J connectivity index is 2.10. The summed E-state index contributed by atoms with van der Waals surface area (Å²) in [6.07, 6.45) is 3.10. The summed E-state index contributed by atoms with van der Waals surface area (Å²) in [6, 6.07) is 7.15. The fraction of sp³-hybridized carbons (Fsp3) is 0.296. The van der Waals surface area contributed by atoms with E-state index < -0.39 is 47.8 Å². The molecule has 7 N–H and O–H groups in total. The van der Waals surface area contributed by atoms with Crippen molar-refractivity contribution in [2.75, 3.05) is 5.73 Å². The molecule has 2 aromatic carbocycles. The van der Waals surface area contributed by atoms with E-state index in [2.05, 4.69) is 0 Å². The molecule has 3 unspecified atom stereocenters. The molecule has 0 aromatic heterocycles. The first-order valence-electron chi connectivity index (χ1n) is 12.3. The molecule has 0 spiro atoms. The van der Waals surface area contributed by atoms with Gasteiger partial charge in [-0.25, -0.2) is 4.79 Å². The minimum atomic E-state index is -4.92. The topological polar surface area (TPSA) is 215 Å². The average molecular weight is 590 g/mol. The predicted molar refractivity (Wildman–Crippen MR) is 146 cm³/mol. The molecule has 11 nitrogen and oxygen atoms in total. The zero-order chi connectivity index (χ0) is 29.7. The Morgan fingerprint density at radius 2 is 1.75 bits per heavy atom. The molecule has 0 saturated carbocycles. The number of ketones is 1. The Bertz CT molecular complexity index is 1740. The number of rotatable bonds is 8. The van der Waals surface area contributed by atoms with Gasteiger partial charge in [-0.15, -0.1) is 0 Å². The Labute approximate surface area is 231 Å². The lowest BCUT2D eigenvalue weighted by molar-refractivity contribution is -0.121. The van der Waals surface area contributed by atoms with Crippen LogP contribution in [0.15, 0.2) is 57.9 Å². The third-order valence-corrected chi connectivity index (χ3v) is 9.58. The van der Waals surface area contributed by atoms with Gasteiger partial charge in [0, 0.05) is 30.3 Å². The predicted octanol–water partition coefficient (Wildman–Crippen LogP) is 1.59. The molecule has 13 heteroatoms. The number of hydrogen-bond acceptors (Lipinski definition) is 7. The van der Waals surface area contributed by atoms with Gasteiger partial charge >= 0.3 is 16.1 Å². The number of anilines is 1. The quantitative estimate of drug-likeness (QED) is 0.221. The molecule has 0 heterocycles. The zero-order valence-corrected chi connectivity index (χ0v) is 23.3. The number of carboxylic acid groups (broad SMARTS) is 1. The summed E-state index contributed by atoms with van der Waals surface area (Å²) in [5, 5.41) is 16.0. The molecule has 3 atom stereocenters. The molecule has 0 bridgehead atoms. The Kier molecular flexibility index (Phi) is 7.62. The number of aromatic carboxylic acids is 1. The normalized spacial score (nSPS) is 19.6. The van der Waals surface area contributed by atoms with Crippen molar-refractivity contribution in [2.24, 2.45) is 11.8 Å². The molecule has 2 aliphatic carbocycles. The third kappa shape index (κ3) is 5.24. The van der Waals surface area contributed by atoms with Crippen LogP contribution in [0.5, 0.6) is 0 Å². The summed E-state index contributed by atoms with van der Waals surface area (Å²) in [5.41, 5.74) is 6.09. The largest absolute Gasteiger partial charge is 0.478 e. The number of carboxylic acids is 1. The van der Waals surface area contributed by atoms with Crippen molar-refractivity contribution in [3.05, 3.63) is 80.8 Å². The van der Waals surface area contributed by atoms with E-state index in [4.69, 9.17) is 11.1 Å². The molecule has 212 valence electrons. The fourth-order valence-electron chi connectivity index (χ4n) is 5.52. The highest BCUT2D eigenvalue weighted by molar-refractivity contribution is 7.91. The zero-order valence-electron chi connectivity index (χ0n) is 21.7. The highest BCUT2D eigenvalue weighted by atomic mass is 32.2. The number of hydrogen-bond donors (Lipinski definition) is 5. The van der Waals surface area contributed by atoms with E-state index in [0.717, 1.165) is 0 Å². The number of Topliss-reactive ketones (excluding diaryl/α,β-unsaturated/α-hetero) is 1. The van der Waals surface area contributed by atoms with Gasteiger partial charge in [-0.05, 0) is 52.8 Å². The van der Waals surface area contributed by atoms with Crippen LogP contribution in [-0.2, 0) is 37.9 Å². The molecule has 0 saturated heterocycles. The maximum Gasteiger partial charge on any atom is 0.335 e. The van der Waals surface area contributed by atoms with E-state index in [1.54, 1.807) is 13.0 Å². The van der Waals surface area contributed by atoms with Crippen LogP contribution in [-0.4, -0.2) is 48.5 Å². The number of benzene rings is 2. The van der Waals surface area contributed by atoms with Crippen molar-refractivity contribution in [3.63, 3.8) is 0 Å². The molecule has 40 heavy (non-hydrogen) atoms. The Morgan fingerprint density at radius 3 is 2.33 bits per heavy atom. The Morgan fingerprint density at radius 1 is 1.07 bits per heavy atom. The van der Waals surface area contributed by atoms with Gasteiger partial charge in [-0.1, -0.05) is 38.1 Å². The molecule has 0 aliphatic heterocycles. The lowest BCUT2D eigenvalue weighted by Crippen LogP contribution is -2.44. The van der Waals surface area contributed by atoms with E-state index in [-0.39, 0.29) is 63.8 Å². The minimum Gasteiger partial charge on any atom is -0.478 e. The number of carbonyl (C=O) groups excluding carboxylic acids is 1. The Hall–Kier alpha value is -3.65. The van der Waals surface area contributed by atoms with Crippen molar-refractivity contribution in [3.8, 4) is 0 Å². The summed E-state index contributed by atoms with van der Waals surface area (Å²) < 4.78 is 69.8. The number of carbonyl (C=O) groups is 2. The standard InChI is InChI=1S/C27H28N2O9S2/c1-3-13(2)23(30)11-14-4-5-17(27(31)32)18(10-14)24-15-6-8-21(28)25(39(33,34)35)19(15)12-20-16(24)7-9-22(29)26(20)40(36,37)38/h4-10,13,15,24,28H,3,11-12,29H2,1-2H3,(H,31,32)(H,33,34,35)(H,36,37,38)/p+1. The van der Waals surface area contributed by atoms with E-state index >= 15 is 0 Å². The lowest BCUT2D eigenvalue weighted by Gasteiger charge is -2.38. The molecule has 2 aliphatic rings. The van der Waals surface area contributed by atoms with Crippen molar-refractivity contribution in [2.45, 2.75) is 43.9 Å². The van der Waals surface area contributed by atoms with Gasteiger partial charge in [0.15, 0.2) is 4.91 Å². The molecular weight excluding hydrogens is 560 g/mol. The highest BCUT2D eigenvalue weighted by Gasteiger charge is 2.44. The van der Waals surface area contributed by atoms with Crippen molar-refractivity contribution in [1.82, 2.24) is 0 Å². The third-order valence-electron chi connectivity index (χ3n) is 7.57. The van der Waals surface area contributed by atoms with Crippen LogP contribution in [0.25, 0.3) is 0 Å². The van der Waals surface area contributed by atoms with E-state index in [1.807, 2.05) is 6.92 Å². The van der Waals surface area contributed by atoms with E-state index in [9.17, 15) is 40.6 Å². The fourth-order valence-corrected chi connectivity index (χ4v) is 7.30. The maximum absolute atomic E-state index is 12.7. The van der Waals surface area contributed by atoms with Gasteiger partial charge in [0.05, 0.1) is 11.3 Å². The number of nitrogen functional groups attached to an aromatic ring is 1. The first-order valence-corrected chi connectivity index (χ1v) is 15.2. The van der Waals surface area contributed by atoms with Gasteiger partial charge in [0.2, 0.25) is 5.71 Å². The second kappa shape index (κ2) is 10.4. The smallest absolute Gasteiger partial charge is 0.335 e. The second-order valence-electron chi connectivity index (χ2n) is 10.0. The molecule has 4 rings (SSSR count). The van der Waals surface area contributed by atoms with Crippen LogP contribution < -0.4 is 11.1 Å².